The van der Waals surface area contributed by atoms with Gasteiger partial charge in [-0.1, -0.05) is 28.9 Å². The molecule has 0 aliphatic heterocycles. The average molecular weight is 301 g/mol. The lowest BCUT2D eigenvalue weighted by atomic mass is 10.2. The molecule has 6 heteroatoms. The molecule has 92 valence electrons. The van der Waals surface area contributed by atoms with Gasteiger partial charge in [0.25, 0.3) is 0 Å². The third kappa shape index (κ3) is 4.44. The molecule has 0 aliphatic carbocycles. The Labute approximate surface area is 107 Å². The molecule has 0 heterocycles. The zero-order chi connectivity index (χ0) is 12.8. The summed E-state index contributed by atoms with van der Waals surface area (Å²) in [7, 11) is 0. The molecule has 5 nitrogen and oxygen atoms in total. The molecule has 0 aromatic heterocycles. The maximum absolute atomic E-state index is 11.5. The lowest BCUT2D eigenvalue weighted by Crippen LogP contribution is -2.42. The molecule has 2 amide bonds. The number of carbonyl (C=O) groups excluding carboxylic acids is 1. The van der Waals surface area contributed by atoms with Gasteiger partial charge in [0.05, 0.1) is 0 Å². The second-order valence-corrected chi connectivity index (χ2v) is 4.32. The lowest BCUT2D eigenvalue weighted by molar-refractivity contribution is -0.139. The normalized spacial score (nSPS) is 11.6. The number of aliphatic carboxylic acids is 1. The fourth-order valence-corrected chi connectivity index (χ4v) is 1.63. The summed E-state index contributed by atoms with van der Waals surface area (Å²) >= 11 is 3.27. The van der Waals surface area contributed by atoms with Crippen LogP contribution in [0.1, 0.15) is 13.3 Å². The Bertz CT molecular complexity index is 423. The van der Waals surface area contributed by atoms with Crippen molar-refractivity contribution in [3.05, 3.63) is 28.7 Å². The number of carboxylic acids is 1. The standard InChI is InChI=1S/C11H13BrN2O3/c1-2-9(10(15)16)14-11(17)13-8-5-3-4-7(12)6-8/h3-6,9H,2H2,1H3,(H,15,16)(H2,13,14,17)/t9-/m0/s1. The Kier molecular flexibility index (Phi) is 4.96. The van der Waals surface area contributed by atoms with E-state index in [4.69, 9.17) is 5.11 Å². The summed E-state index contributed by atoms with van der Waals surface area (Å²) in [4.78, 5) is 22.2. The number of nitrogens with one attached hydrogen (secondary N) is 2. The molecule has 0 saturated carbocycles. The molecule has 0 bridgehead atoms. The van der Waals surface area contributed by atoms with Gasteiger partial charge in [-0.25, -0.2) is 9.59 Å². The lowest BCUT2D eigenvalue weighted by Gasteiger charge is -2.13. The van der Waals surface area contributed by atoms with Gasteiger partial charge in [-0.05, 0) is 24.6 Å². The monoisotopic (exact) mass is 300 g/mol. The third-order valence-corrected chi connectivity index (χ3v) is 2.59. The number of hydrogen-bond acceptors (Lipinski definition) is 2. The van der Waals surface area contributed by atoms with Crippen molar-refractivity contribution >= 4 is 33.6 Å². The maximum atomic E-state index is 11.5. The molecule has 0 aliphatic rings. The average Bonchev–Trinajstić information content (AvgIpc) is 2.25. The Hall–Kier alpha value is -1.56. The van der Waals surface area contributed by atoms with Crippen LogP contribution >= 0.6 is 15.9 Å². The van der Waals surface area contributed by atoms with Gasteiger partial charge in [-0.2, -0.15) is 0 Å². The molecule has 1 rings (SSSR count). The number of urea groups is 1. The van der Waals surface area contributed by atoms with Crippen molar-refractivity contribution in [3.63, 3.8) is 0 Å². The van der Waals surface area contributed by atoms with Crippen LogP contribution in [0.2, 0.25) is 0 Å². The number of rotatable bonds is 4. The molecule has 0 spiro atoms. The first-order chi connectivity index (χ1) is 8.02. The molecule has 0 unspecified atom stereocenters. The number of carboxylic acid groups (broad SMARTS) is 1. The van der Waals surface area contributed by atoms with E-state index >= 15 is 0 Å². The fourth-order valence-electron chi connectivity index (χ4n) is 1.23. The van der Waals surface area contributed by atoms with E-state index in [2.05, 4.69) is 26.6 Å². The maximum Gasteiger partial charge on any atom is 0.326 e. The second-order valence-electron chi connectivity index (χ2n) is 3.41. The minimum atomic E-state index is -1.04. The van der Waals surface area contributed by atoms with Gasteiger partial charge in [0, 0.05) is 10.2 Å². The summed E-state index contributed by atoms with van der Waals surface area (Å²) < 4.78 is 0.834. The fraction of sp³-hybridized carbons (Fsp3) is 0.273. The Morgan fingerprint density at radius 1 is 1.47 bits per heavy atom. The van der Waals surface area contributed by atoms with Crippen LogP contribution in [0.15, 0.2) is 28.7 Å². The third-order valence-electron chi connectivity index (χ3n) is 2.09. The van der Waals surface area contributed by atoms with Gasteiger partial charge in [0.2, 0.25) is 0 Å². The van der Waals surface area contributed by atoms with Gasteiger partial charge in [0.15, 0.2) is 0 Å². The van der Waals surface area contributed by atoms with Crippen molar-refractivity contribution in [2.24, 2.45) is 0 Å². The van der Waals surface area contributed by atoms with Crippen molar-refractivity contribution < 1.29 is 14.7 Å². The zero-order valence-corrected chi connectivity index (χ0v) is 10.8. The van der Waals surface area contributed by atoms with E-state index in [-0.39, 0.29) is 0 Å². The molecule has 1 aromatic carbocycles. The van der Waals surface area contributed by atoms with Crippen LogP contribution < -0.4 is 10.6 Å². The highest BCUT2D eigenvalue weighted by atomic mass is 79.9. The van der Waals surface area contributed by atoms with Gasteiger partial charge in [0.1, 0.15) is 6.04 Å². The number of benzene rings is 1. The summed E-state index contributed by atoms with van der Waals surface area (Å²) in [6.45, 7) is 1.69. The Balaban J connectivity index is 2.58. The molecule has 0 radical (unpaired) electrons. The van der Waals surface area contributed by atoms with Crippen LogP contribution in [0.5, 0.6) is 0 Å². The topological polar surface area (TPSA) is 78.4 Å². The Morgan fingerprint density at radius 3 is 2.71 bits per heavy atom. The number of hydrogen-bond donors (Lipinski definition) is 3. The first kappa shape index (κ1) is 13.5. The van der Waals surface area contributed by atoms with Crippen LogP contribution in [-0.4, -0.2) is 23.1 Å². The molecule has 0 fully saturated rings. The molecule has 17 heavy (non-hydrogen) atoms. The van der Waals surface area contributed by atoms with Crippen molar-refractivity contribution in [2.75, 3.05) is 5.32 Å². The quantitative estimate of drug-likeness (QED) is 0.799. The number of anilines is 1. The molecule has 3 N–H and O–H groups in total. The van der Waals surface area contributed by atoms with Crippen molar-refractivity contribution in [3.8, 4) is 0 Å². The molecule has 0 saturated heterocycles. The summed E-state index contributed by atoms with van der Waals surface area (Å²) in [5.74, 6) is -1.04. The van der Waals surface area contributed by atoms with Crippen molar-refractivity contribution in [2.45, 2.75) is 19.4 Å². The van der Waals surface area contributed by atoms with Gasteiger partial charge in [-0.15, -0.1) is 0 Å². The minimum Gasteiger partial charge on any atom is -0.480 e. The zero-order valence-electron chi connectivity index (χ0n) is 9.24. The Morgan fingerprint density at radius 2 is 2.18 bits per heavy atom. The second kappa shape index (κ2) is 6.24. The van der Waals surface area contributed by atoms with Crippen LogP contribution in [0, 0.1) is 0 Å². The first-order valence-corrected chi connectivity index (χ1v) is 5.88. The largest absolute Gasteiger partial charge is 0.480 e. The van der Waals surface area contributed by atoms with Gasteiger partial charge in [-0.3, -0.25) is 0 Å². The van der Waals surface area contributed by atoms with E-state index in [1.54, 1.807) is 25.1 Å². The molecular formula is C11H13BrN2O3. The van der Waals surface area contributed by atoms with E-state index in [1.165, 1.54) is 0 Å². The predicted octanol–water partition coefficient (Wildman–Crippen LogP) is 2.43. The number of carbonyl (C=O) groups is 2. The molecular weight excluding hydrogens is 288 g/mol. The van der Waals surface area contributed by atoms with E-state index < -0.39 is 18.0 Å². The summed E-state index contributed by atoms with van der Waals surface area (Å²) in [6.07, 6.45) is 0.335. The highest BCUT2D eigenvalue weighted by Gasteiger charge is 2.17. The van der Waals surface area contributed by atoms with Gasteiger partial charge >= 0.3 is 12.0 Å². The van der Waals surface area contributed by atoms with Crippen molar-refractivity contribution in [1.82, 2.24) is 5.32 Å². The number of halogens is 1. The smallest absolute Gasteiger partial charge is 0.326 e. The predicted molar refractivity (Wildman–Crippen MR) is 68.0 cm³/mol. The SMILES string of the molecule is CC[C@H](NC(=O)Nc1cccc(Br)c1)C(=O)O. The first-order valence-electron chi connectivity index (χ1n) is 5.08. The van der Waals surface area contributed by atoms with E-state index in [0.29, 0.717) is 12.1 Å². The van der Waals surface area contributed by atoms with E-state index in [0.717, 1.165) is 4.47 Å². The van der Waals surface area contributed by atoms with E-state index in [9.17, 15) is 9.59 Å². The van der Waals surface area contributed by atoms with Crippen LogP contribution in [0.25, 0.3) is 0 Å². The van der Waals surface area contributed by atoms with Gasteiger partial charge < -0.3 is 15.7 Å². The van der Waals surface area contributed by atoms with Crippen molar-refractivity contribution in [1.29, 1.82) is 0 Å². The van der Waals surface area contributed by atoms with Crippen LogP contribution in [0.4, 0.5) is 10.5 Å². The summed E-state index contributed by atoms with van der Waals surface area (Å²) in [5, 5.41) is 13.7. The molecule has 1 atom stereocenters. The highest BCUT2D eigenvalue weighted by Crippen LogP contribution is 2.15. The van der Waals surface area contributed by atoms with Crippen LogP contribution in [-0.2, 0) is 4.79 Å². The van der Waals surface area contributed by atoms with Crippen LogP contribution in [0.3, 0.4) is 0 Å². The minimum absolute atomic E-state index is 0.335. The highest BCUT2D eigenvalue weighted by molar-refractivity contribution is 9.10. The van der Waals surface area contributed by atoms with E-state index in [1.807, 2.05) is 6.07 Å². The molecule has 1 aromatic rings. The summed E-state index contributed by atoms with van der Waals surface area (Å²) in [5.41, 5.74) is 0.595. The summed E-state index contributed by atoms with van der Waals surface area (Å²) in [6, 6.07) is 5.64. The number of amides is 2.